The molecule has 4 rings (SSSR count). The van der Waals surface area contributed by atoms with E-state index in [4.69, 9.17) is 18.9 Å². The maximum Gasteiger partial charge on any atom is 0.309 e. The first-order valence-electron chi connectivity index (χ1n) is 9.35. The lowest BCUT2D eigenvalue weighted by atomic mass is 9.89. The van der Waals surface area contributed by atoms with E-state index >= 15 is 0 Å². The molecule has 2 aliphatic carbocycles. The second kappa shape index (κ2) is 7.00. The largest absolute Gasteiger partial charge is 0.465 e. The van der Waals surface area contributed by atoms with Crippen molar-refractivity contribution in [3.8, 4) is 0 Å². The Morgan fingerprint density at radius 1 is 0.708 bits per heavy atom. The van der Waals surface area contributed by atoms with Gasteiger partial charge >= 0.3 is 11.9 Å². The highest BCUT2D eigenvalue weighted by atomic mass is 16.6. The molecule has 0 N–H and O–H groups in total. The number of carbonyl (C=O) groups is 2. The molecule has 134 valence electrons. The molecule has 5 atom stereocenters. The van der Waals surface area contributed by atoms with Crippen LogP contribution in [0, 0.1) is 11.8 Å². The van der Waals surface area contributed by atoms with Crippen molar-refractivity contribution < 1.29 is 28.5 Å². The van der Waals surface area contributed by atoms with Gasteiger partial charge in [-0.1, -0.05) is 0 Å². The molecule has 2 heterocycles. The van der Waals surface area contributed by atoms with Crippen molar-refractivity contribution in [2.75, 3.05) is 13.2 Å². The van der Waals surface area contributed by atoms with Crippen LogP contribution in [0.2, 0.25) is 0 Å². The zero-order valence-corrected chi connectivity index (χ0v) is 14.0. The first kappa shape index (κ1) is 16.3. The van der Waals surface area contributed by atoms with E-state index < -0.39 is 0 Å². The zero-order chi connectivity index (χ0) is 16.5. The van der Waals surface area contributed by atoms with Crippen LogP contribution in [0.4, 0.5) is 0 Å². The van der Waals surface area contributed by atoms with Gasteiger partial charge in [-0.25, -0.2) is 0 Å². The van der Waals surface area contributed by atoms with E-state index in [0.29, 0.717) is 37.9 Å². The maximum atomic E-state index is 12.1. The molecule has 0 amide bonds. The van der Waals surface area contributed by atoms with Crippen LogP contribution >= 0.6 is 0 Å². The third kappa shape index (κ3) is 3.91. The number of hydrogen-bond acceptors (Lipinski definition) is 6. The molecular formula is C18H26O6. The Bertz CT molecular complexity index is 480. The van der Waals surface area contributed by atoms with E-state index in [1.54, 1.807) is 0 Å². The SMILES string of the molecule is O=C(OCCCOC(=O)C1CCC2OC2C1)C1CCC2OC2CC1. The molecule has 6 heteroatoms. The molecule has 0 radical (unpaired) electrons. The highest BCUT2D eigenvalue weighted by Crippen LogP contribution is 2.40. The van der Waals surface area contributed by atoms with Crippen molar-refractivity contribution in [3.05, 3.63) is 0 Å². The maximum absolute atomic E-state index is 12.1. The predicted molar refractivity (Wildman–Crippen MR) is 83.2 cm³/mol. The fourth-order valence-electron chi connectivity index (χ4n) is 4.06. The molecule has 5 unspecified atom stereocenters. The summed E-state index contributed by atoms with van der Waals surface area (Å²) in [4.78, 5) is 24.1. The third-order valence-electron chi connectivity index (χ3n) is 5.74. The second-order valence-electron chi connectivity index (χ2n) is 7.48. The lowest BCUT2D eigenvalue weighted by Gasteiger charge is -2.17. The molecule has 0 bridgehead atoms. The molecule has 0 aromatic rings. The van der Waals surface area contributed by atoms with Crippen LogP contribution in [0.3, 0.4) is 0 Å². The van der Waals surface area contributed by atoms with Gasteiger partial charge in [0.25, 0.3) is 0 Å². The normalized spacial score (nSPS) is 39.8. The number of esters is 2. The minimum Gasteiger partial charge on any atom is -0.465 e. The van der Waals surface area contributed by atoms with Crippen molar-refractivity contribution in [1.29, 1.82) is 0 Å². The lowest BCUT2D eigenvalue weighted by Crippen LogP contribution is -2.24. The summed E-state index contributed by atoms with van der Waals surface area (Å²) in [5, 5.41) is 0. The molecule has 4 aliphatic rings. The third-order valence-corrected chi connectivity index (χ3v) is 5.74. The molecule has 2 saturated heterocycles. The van der Waals surface area contributed by atoms with Crippen LogP contribution in [0.5, 0.6) is 0 Å². The van der Waals surface area contributed by atoms with Crippen LogP contribution in [-0.4, -0.2) is 49.6 Å². The highest BCUT2D eigenvalue weighted by Gasteiger charge is 2.46. The van der Waals surface area contributed by atoms with E-state index in [9.17, 15) is 9.59 Å². The molecule has 24 heavy (non-hydrogen) atoms. The van der Waals surface area contributed by atoms with Gasteiger partial charge in [0.2, 0.25) is 0 Å². The van der Waals surface area contributed by atoms with Crippen molar-refractivity contribution in [2.24, 2.45) is 11.8 Å². The van der Waals surface area contributed by atoms with Gasteiger partial charge in [0.15, 0.2) is 0 Å². The Balaban J connectivity index is 1.07. The van der Waals surface area contributed by atoms with Crippen molar-refractivity contribution >= 4 is 11.9 Å². The summed E-state index contributed by atoms with van der Waals surface area (Å²) < 4.78 is 21.6. The van der Waals surface area contributed by atoms with Crippen LogP contribution in [0.25, 0.3) is 0 Å². The summed E-state index contributed by atoms with van der Waals surface area (Å²) in [6.45, 7) is 0.644. The lowest BCUT2D eigenvalue weighted by molar-refractivity contribution is -0.152. The summed E-state index contributed by atoms with van der Waals surface area (Å²) in [6, 6.07) is 0. The standard InChI is InChI=1S/C18H26O6/c19-17(11-2-5-13-14(23-13)6-3-11)21-8-1-9-22-18(20)12-4-7-15-16(10-12)24-15/h11-16H,1-10H2. The minimum absolute atomic E-state index is 0.0117. The molecule has 0 spiro atoms. The number of epoxide rings is 2. The zero-order valence-electron chi connectivity index (χ0n) is 14.0. The molecule has 6 nitrogen and oxygen atoms in total. The minimum atomic E-state index is -0.127. The van der Waals surface area contributed by atoms with Crippen LogP contribution in [0.15, 0.2) is 0 Å². The van der Waals surface area contributed by atoms with Crippen LogP contribution in [0.1, 0.15) is 51.4 Å². The van der Waals surface area contributed by atoms with Gasteiger partial charge in [-0.05, 0) is 44.9 Å². The monoisotopic (exact) mass is 338 g/mol. The van der Waals surface area contributed by atoms with Crippen molar-refractivity contribution in [1.82, 2.24) is 0 Å². The van der Waals surface area contributed by atoms with Gasteiger partial charge in [-0.15, -0.1) is 0 Å². The number of fused-ring (bicyclic) bond motifs is 2. The van der Waals surface area contributed by atoms with E-state index in [1.165, 1.54) is 0 Å². The molecular weight excluding hydrogens is 312 g/mol. The Hall–Kier alpha value is -1.14. The summed E-state index contributed by atoms with van der Waals surface area (Å²) >= 11 is 0. The molecule has 4 fully saturated rings. The topological polar surface area (TPSA) is 77.7 Å². The molecule has 0 aromatic carbocycles. The smallest absolute Gasteiger partial charge is 0.309 e. The molecule has 2 aliphatic heterocycles. The summed E-state index contributed by atoms with van der Waals surface area (Å²) in [7, 11) is 0. The molecule has 0 aromatic heterocycles. The van der Waals surface area contributed by atoms with Crippen LogP contribution < -0.4 is 0 Å². The number of carbonyl (C=O) groups excluding carboxylic acids is 2. The van der Waals surface area contributed by atoms with Gasteiger partial charge < -0.3 is 18.9 Å². The average molecular weight is 338 g/mol. The summed E-state index contributed by atoms with van der Waals surface area (Å²) in [5.41, 5.74) is 0. The fourth-order valence-corrected chi connectivity index (χ4v) is 4.06. The van der Waals surface area contributed by atoms with Crippen molar-refractivity contribution in [2.45, 2.75) is 75.8 Å². The number of hydrogen-bond donors (Lipinski definition) is 0. The first-order chi connectivity index (χ1) is 11.7. The Kier molecular flexibility index (Phi) is 4.77. The summed E-state index contributed by atoms with van der Waals surface area (Å²) in [5.74, 6) is -0.237. The number of rotatable bonds is 6. The predicted octanol–water partition coefficient (Wildman–Crippen LogP) is 1.99. The van der Waals surface area contributed by atoms with E-state index in [1.807, 2.05) is 0 Å². The van der Waals surface area contributed by atoms with E-state index in [2.05, 4.69) is 0 Å². The first-order valence-corrected chi connectivity index (χ1v) is 9.35. The quantitative estimate of drug-likeness (QED) is 0.419. The Labute approximate surface area is 142 Å². The van der Waals surface area contributed by atoms with Crippen LogP contribution in [-0.2, 0) is 28.5 Å². The highest BCUT2D eigenvalue weighted by molar-refractivity contribution is 5.73. The van der Waals surface area contributed by atoms with Crippen molar-refractivity contribution in [3.63, 3.8) is 0 Å². The number of ether oxygens (including phenoxy) is 4. The Morgan fingerprint density at radius 2 is 1.21 bits per heavy atom. The Morgan fingerprint density at radius 3 is 1.88 bits per heavy atom. The summed E-state index contributed by atoms with van der Waals surface area (Å²) in [6.07, 6.45) is 8.31. The second-order valence-corrected chi connectivity index (χ2v) is 7.48. The fraction of sp³-hybridized carbons (Fsp3) is 0.889. The van der Waals surface area contributed by atoms with Gasteiger partial charge in [0.05, 0.1) is 49.5 Å². The van der Waals surface area contributed by atoms with Gasteiger partial charge in [-0.2, -0.15) is 0 Å². The van der Waals surface area contributed by atoms with Gasteiger partial charge in [0, 0.05) is 6.42 Å². The average Bonchev–Trinajstić information content (AvgIpc) is 3.45. The molecule has 2 saturated carbocycles. The van der Waals surface area contributed by atoms with Gasteiger partial charge in [-0.3, -0.25) is 9.59 Å². The van der Waals surface area contributed by atoms with E-state index in [-0.39, 0.29) is 29.9 Å². The van der Waals surface area contributed by atoms with Gasteiger partial charge in [0.1, 0.15) is 0 Å². The van der Waals surface area contributed by atoms with E-state index in [0.717, 1.165) is 44.9 Å².